The molecule has 0 radical (unpaired) electrons. The van der Waals surface area contributed by atoms with E-state index < -0.39 is 48.2 Å². The monoisotopic (exact) mass is 1110 g/mol. The zero-order valence-electron chi connectivity index (χ0n) is 40.9. The van der Waals surface area contributed by atoms with Gasteiger partial charge in [0.2, 0.25) is 18.0 Å². The molecule has 5 atom stereocenters. The Morgan fingerprint density at radius 1 is 0.767 bits per heavy atom. The van der Waals surface area contributed by atoms with E-state index in [0.29, 0.717) is 72.2 Å². The first kappa shape index (κ1) is 58.7. The van der Waals surface area contributed by atoms with Crippen LogP contribution in [0.1, 0.15) is 94.3 Å². The molecule has 0 bridgehead atoms. The molecule has 2 aromatic carbocycles. The largest absolute Gasteiger partial charge is 0.462 e. The molecule has 9 rings (SSSR count). The molecule has 0 aliphatic carbocycles. The fourth-order valence-electron chi connectivity index (χ4n) is 10.0. The molecule has 1 unspecified atom stereocenters. The summed E-state index contributed by atoms with van der Waals surface area (Å²) in [6, 6.07) is 8.30. The predicted octanol–water partition coefficient (Wildman–Crippen LogP) is 9.43. The number of aliphatic imine (C=N–C) groups is 2. The van der Waals surface area contributed by atoms with Crippen molar-refractivity contribution in [2.45, 2.75) is 103 Å². The van der Waals surface area contributed by atoms with Crippen LogP contribution < -0.4 is 15.4 Å². The van der Waals surface area contributed by atoms with Crippen molar-refractivity contribution in [1.82, 2.24) is 30.0 Å². The first-order valence-electron chi connectivity index (χ1n) is 23.0. The van der Waals surface area contributed by atoms with E-state index in [9.17, 15) is 32.3 Å². The molecule has 2 aromatic heterocycles. The number of fused-ring (bicyclic) bond motifs is 5. The minimum Gasteiger partial charge on any atom is -0.462 e. The number of alkyl halides is 3. The molecule has 4 amide bonds. The first-order valence-corrected chi connectivity index (χ1v) is 23.8. The first-order chi connectivity index (χ1) is 32.9. The molecule has 5 aliphatic heterocycles. The number of hydrogen-bond donors (Lipinski definition) is 2. The van der Waals surface area contributed by atoms with Crippen LogP contribution in [0.25, 0.3) is 33.3 Å². The number of allylic oxidation sites excluding steroid dienone is 2. The number of aromatic nitrogens is 2. The summed E-state index contributed by atoms with van der Waals surface area (Å²) in [7, 11) is 2.49. The van der Waals surface area contributed by atoms with Crippen molar-refractivity contribution in [3.05, 3.63) is 81.8 Å². The van der Waals surface area contributed by atoms with Crippen molar-refractivity contribution >= 4 is 123 Å². The predicted molar refractivity (Wildman–Crippen MR) is 293 cm³/mol. The number of carbonyl (C=O) groups is 4. The van der Waals surface area contributed by atoms with Crippen molar-refractivity contribution in [3.63, 3.8) is 0 Å². The third-order valence-corrected chi connectivity index (χ3v) is 14.4. The van der Waals surface area contributed by atoms with Crippen LogP contribution in [0.15, 0.2) is 64.2 Å². The van der Waals surface area contributed by atoms with Crippen molar-refractivity contribution in [1.29, 1.82) is 0 Å². The van der Waals surface area contributed by atoms with E-state index in [0.717, 1.165) is 46.4 Å². The van der Waals surface area contributed by atoms with Gasteiger partial charge in [0.15, 0.2) is 10.7 Å². The van der Waals surface area contributed by atoms with Gasteiger partial charge in [-0.25, -0.2) is 19.0 Å². The summed E-state index contributed by atoms with van der Waals surface area (Å²) < 4.78 is 76.5. The van der Waals surface area contributed by atoms with Crippen molar-refractivity contribution < 1.29 is 51.0 Å². The van der Waals surface area contributed by atoms with E-state index in [-0.39, 0.29) is 106 Å². The quantitative estimate of drug-likeness (QED) is 0.140. The molecule has 5 aliphatic rings. The van der Waals surface area contributed by atoms with Gasteiger partial charge in [0.1, 0.15) is 23.7 Å². The SMILES string of the molecule is COC(=O)N[C@H](C(=O)N1CCC[C@H]1C1=NC=C(c2cc(F)c3c(c2)OC(c2nc(C(F)(F)F)cs2)n2c-3cc3cc(C4=CN=C([C@@H]5CCCN5C(=O)[C@@H](NC(=O)OC)C(C)C)C4)ccc32)C1)C(C)C.S.S.S.S. The number of ether oxygens (including phenoxy) is 3. The number of likely N-dealkylation sites (tertiary alicyclic amines) is 2. The number of thiazole rings is 1. The minimum atomic E-state index is -4.70. The van der Waals surface area contributed by atoms with Gasteiger partial charge in [0, 0.05) is 60.5 Å². The molecule has 2 saturated heterocycles. The highest BCUT2D eigenvalue weighted by molar-refractivity contribution is 7.59. The zero-order chi connectivity index (χ0) is 49.1. The Labute approximate surface area is 452 Å². The number of alkyl carbamates (subject to hydrolysis) is 2. The summed E-state index contributed by atoms with van der Waals surface area (Å²) in [6.45, 7) is 8.38. The lowest BCUT2D eigenvalue weighted by molar-refractivity contribution is -0.141. The van der Waals surface area contributed by atoms with E-state index in [1.54, 1.807) is 38.9 Å². The summed E-state index contributed by atoms with van der Waals surface area (Å²) in [4.78, 5) is 68.8. The molecule has 0 saturated carbocycles. The summed E-state index contributed by atoms with van der Waals surface area (Å²) in [5.74, 6) is -1.35. The summed E-state index contributed by atoms with van der Waals surface area (Å²) in [5.41, 5.74) is 4.38. The Hall–Kier alpha value is -5.17. The van der Waals surface area contributed by atoms with Crippen LogP contribution in [0.5, 0.6) is 5.75 Å². The number of amides is 4. The number of halogens is 4. The van der Waals surface area contributed by atoms with Gasteiger partial charge in [-0.3, -0.25) is 24.1 Å². The van der Waals surface area contributed by atoms with Gasteiger partial charge in [-0.15, -0.1) is 11.3 Å². The maximum Gasteiger partial charge on any atom is 0.434 e. The molecule has 4 aromatic rings. The molecule has 73 heavy (non-hydrogen) atoms. The topological polar surface area (TPSA) is 169 Å². The number of nitrogens with zero attached hydrogens (tertiary/aromatic N) is 6. The summed E-state index contributed by atoms with van der Waals surface area (Å²) in [6.07, 6.45) is -0.241. The standard InChI is InChI=1S/C49H52F4N8O7S.4H2S/c1-24(2)41(57-47(64)66-5)44(62)59-13-7-9-35(59)32-17-29(21-54-32)26-11-12-34-28(15-26)19-37-40-31(50)16-27(20-38(40)68-46(61(34)37)43-56-39(23-69-43)49(51,52)53)30-18-33(55-22-30)36-10-8-14-60(36)45(63)42(25(3)4)58-48(65)67-6;;;;/h11-12,15-16,19-25,35-36,41-42,46H,7-10,13-14,17-18H2,1-6H3,(H,57,64)(H,58,65);4*1H2/t35-,36-,41-,42-,46?;;;;/m0..../s1. The number of carbonyl (C=O) groups excluding carboxylic acids is 4. The molecule has 396 valence electrons. The molecular weight excluding hydrogens is 1050 g/mol. The maximum absolute atomic E-state index is 16.8. The van der Waals surface area contributed by atoms with Crippen LogP contribution in [0.4, 0.5) is 27.2 Å². The second kappa shape index (κ2) is 23.6. The molecule has 2 fully saturated rings. The highest BCUT2D eigenvalue weighted by Gasteiger charge is 2.42. The average molecular weight is 1110 g/mol. The van der Waals surface area contributed by atoms with Crippen LogP contribution in [-0.4, -0.2) is 106 Å². The number of methoxy groups -OCH3 is 2. The van der Waals surface area contributed by atoms with Crippen molar-refractivity contribution in [2.75, 3.05) is 27.3 Å². The lowest BCUT2D eigenvalue weighted by atomic mass is 9.95. The van der Waals surface area contributed by atoms with E-state index in [2.05, 4.69) is 15.6 Å². The third-order valence-electron chi connectivity index (χ3n) is 13.5. The van der Waals surface area contributed by atoms with Crippen molar-refractivity contribution in [2.24, 2.45) is 21.8 Å². The van der Waals surface area contributed by atoms with Crippen LogP contribution in [0.3, 0.4) is 0 Å². The second-order valence-electron chi connectivity index (χ2n) is 18.5. The fraction of sp³-hybridized carbons (Fsp3) is 0.449. The van der Waals surface area contributed by atoms with Crippen LogP contribution in [0.2, 0.25) is 0 Å². The smallest absolute Gasteiger partial charge is 0.434 e. The molecular formula is C49H60F4N8O7S5. The number of rotatable bonds is 11. The Morgan fingerprint density at radius 3 is 1.79 bits per heavy atom. The van der Waals surface area contributed by atoms with Gasteiger partial charge < -0.3 is 34.6 Å². The Kier molecular flexibility index (Phi) is 19.0. The lowest BCUT2D eigenvalue weighted by Crippen LogP contribution is -2.53. The maximum atomic E-state index is 16.8. The Bertz CT molecular complexity index is 2880. The van der Waals surface area contributed by atoms with Crippen LogP contribution >= 0.6 is 65.3 Å². The van der Waals surface area contributed by atoms with Gasteiger partial charge >= 0.3 is 18.4 Å². The van der Waals surface area contributed by atoms with E-state index in [1.165, 1.54) is 20.3 Å². The molecule has 7 heterocycles. The zero-order valence-corrected chi connectivity index (χ0v) is 45.7. The summed E-state index contributed by atoms with van der Waals surface area (Å²) in [5, 5.41) is 6.96. The van der Waals surface area contributed by atoms with Crippen LogP contribution in [-0.2, 0) is 25.2 Å². The minimum absolute atomic E-state index is 0. The summed E-state index contributed by atoms with van der Waals surface area (Å²) >= 11 is 0.795. The van der Waals surface area contributed by atoms with E-state index in [4.69, 9.17) is 24.2 Å². The Balaban J connectivity index is 0.00000247. The van der Waals surface area contributed by atoms with E-state index >= 15 is 4.39 Å². The van der Waals surface area contributed by atoms with Gasteiger partial charge in [-0.05, 0) is 90.1 Å². The molecule has 15 nitrogen and oxygen atoms in total. The van der Waals surface area contributed by atoms with Gasteiger partial charge in [-0.2, -0.15) is 67.2 Å². The second-order valence-corrected chi connectivity index (χ2v) is 19.4. The average Bonchev–Trinajstić information content (AvgIpc) is 4.18. The van der Waals surface area contributed by atoms with E-state index in [1.807, 2.05) is 45.9 Å². The fourth-order valence-corrected chi connectivity index (χ4v) is 10.9. The van der Waals surface area contributed by atoms with Crippen LogP contribution in [0, 0.1) is 17.7 Å². The number of nitrogens with one attached hydrogen (secondary N) is 2. The van der Waals surface area contributed by atoms with Crippen molar-refractivity contribution in [3.8, 4) is 17.0 Å². The Morgan fingerprint density at radius 2 is 1.30 bits per heavy atom. The normalized spacial score (nSPS) is 19.6. The van der Waals surface area contributed by atoms with Gasteiger partial charge in [-0.1, -0.05) is 33.8 Å². The third kappa shape index (κ3) is 11.4. The number of benzene rings is 2. The van der Waals surface area contributed by atoms with Gasteiger partial charge in [0.25, 0.3) is 0 Å². The molecule has 2 N–H and O–H groups in total. The highest BCUT2D eigenvalue weighted by atomic mass is 32.1. The lowest BCUT2D eigenvalue weighted by Gasteiger charge is -2.31. The molecule has 0 spiro atoms. The molecule has 24 heteroatoms. The number of hydrogen-bond acceptors (Lipinski definition) is 11. The highest BCUT2D eigenvalue weighted by Crippen LogP contribution is 2.48. The van der Waals surface area contributed by atoms with Gasteiger partial charge in [0.05, 0.1) is 43.1 Å².